The summed E-state index contributed by atoms with van der Waals surface area (Å²) in [5, 5.41) is 29.9. The maximum Gasteiger partial charge on any atom is 0.303 e. The van der Waals surface area contributed by atoms with Crippen molar-refractivity contribution < 1.29 is 24.9 Å². The predicted octanol–water partition coefficient (Wildman–Crippen LogP) is 6.88. The molecule has 6 nitrogen and oxygen atoms in total. The predicted molar refractivity (Wildman–Crippen MR) is 150 cm³/mol. The van der Waals surface area contributed by atoms with Crippen LogP contribution in [0.5, 0.6) is 11.5 Å². The van der Waals surface area contributed by atoms with Crippen LogP contribution in [0.25, 0.3) is 0 Å². The van der Waals surface area contributed by atoms with Gasteiger partial charge in [0.05, 0.1) is 0 Å². The van der Waals surface area contributed by atoms with Crippen LogP contribution < -0.4 is 0 Å². The van der Waals surface area contributed by atoms with E-state index >= 15 is 0 Å². The van der Waals surface area contributed by atoms with E-state index in [0.29, 0.717) is 6.42 Å². The number of aliphatic carboxylic acids is 1. The number of fused-ring (bicyclic) bond motifs is 1. The average molecular weight is 524 g/mol. The Balaban J connectivity index is 1.14. The van der Waals surface area contributed by atoms with Gasteiger partial charge in [-0.25, -0.2) is 0 Å². The summed E-state index contributed by atoms with van der Waals surface area (Å²) < 4.78 is 0. The summed E-state index contributed by atoms with van der Waals surface area (Å²) >= 11 is 0. The number of allylic oxidation sites excluding steroid dienone is 4. The molecule has 0 amide bonds. The van der Waals surface area contributed by atoms with Gasteiger partial charge in [0.15, 0.2) is 17.3 Å². The van der Waals surface area contributed by atoms with Crippen LogP contribution in [0.3, 0.4) is 0 Å². The molecule has 1 atom stereocenters. The lowest BCUT2D eigenvalue weighted by Crippen LogP contribution is -2.35. The molecule has 1 aromatic carbocycles. The van der Waals surface area contributed by atoms with Gasteiger partial charge in [0.1, 0.15) is 0 Å². The third-order valence-electron chi connectivity index (χ3n) is 8.77. The highest BCUT2D eigenvalue weighted by Crippen LogP contribution is 2.57. The molecule has 1 aliphatic heterocycles. The number of phenols is 2. The smallest absolute Gasteiger partial charge is 0.303 e. The maximum atomic E-state index is 11.8. The van der Waals surface area contributed by atoms with E-state index in [1.54, 1.807) is 18.2 Å². The standard InChI is InChI=1S/C32H45NO5/c34-25-15-18-32(19-16-25)23-26-29-24(22-27(35)31(38)30(29)32)17-21-33(26)20-13-11-9-7-5-3-1-2-4-6-8-10-12-14-28(36)37/h15-16,18-19,22,26,35,38H,1-14,17,20-21,23H2,(H,36,37)/t26-/m1/s1. The Morgan fingerprint density at radius 2 is 1.42 bits per heavy atom. The maximum absolute atomic E-state index is 11.8. The summed E-state index contributed by atoms with van der Waals surface area (Å²) in [4.78, 5) is 24.9. The number of aromatic hydroxyl groups is 2. The van der Waals surface area contributed by atoms with Crippen molar-refractivity contribution in [2.24, 2.45) is 0 Å². The van der Waals surface area contributed by atoms with Crippen LogP contribution in [0.1, 0.15) is 119 Å². The molecule has 0 unspecified atom stereocenters. The molecule has 4 rings (SSSR count). The van der Waals surface area contributed by atoms with E-state index in [9.17, 15) is 19.8 Å². The van der Waals surface area contributed by atoms with Crippen LogP contribution in [0.15, 0.2) is 30.4 Å². The van der Waals surface area contributed by atoms with Crippen molar-refractivity contribution in [3.63, 3.8) is 0 Å². The Morgan fingerprint density at radius 3 is 2.00 bits per heavy atom. The van der Waals surface area contributed by atoms with Crippen molar-refractivity contribution in [1.82, 2.24) is 4.90 Å². The van der Waals surface area contributed by atoms with Crippen molar-refractivity contribution in [2.45, 2.75) is 114 Å². The summed E-state index contributed by atoms with van der Waals surface area (Å²) in [6.07, 6.45) is 24.8. The molecule has 0 fully saturated rings. The first-order chi connectivity index (χ1) is 18.4. The minimum Gasteiger partial charge on any atom is -0.504 e. The molecule has 6 heteroatoms. The lowest BCUT2D eigenvalue weighted by molar-refractivity contribution is -0.137. The molecule has 0 saturated carbocycles. The number of carboxylic acids is 1. The molecular weight excluding hydrogens is 478 g/mol. The van der Waals surface area contributed by atoms with Gasteiger partial charge in [0.2, 0.25) is 0 Å². The normalized spacial score (nSPS) is 19.4. The minimum absolute atomic E-state index is 0.0304. The number of unbranched alkanes of at least 4 members (excludes halogenated alkanes) is 12. The number of hydrogen-bond donors (Lipinski definition) is 3. The summed E-state index contributed by atoms with van der Waals surface area (Å²) in [5.74, 6) is -0.802. The van der Waals surface area contributed by atoms with Crippen LogP contribution in [0, 0.1) is 0 Å². The first-order valence-corrected chi connectivity index (χ1v) is 14.9. The molecular formula is C32H45NO5. The second-order valence-corrected chi connectivity index (χ2v) is 11.5. The molecule has 0 bridgehead atoms. The quantitative estimate of drug-likeness (QED) is 0.161. The molecule has 0 aromatic heterocycles. The number of carbonyl (C=O) groups excluding carboxylic acids is 1. The van der Waals surface area contributed by atoms with Gasteiger partial charge in [-0.05, 0) is 61.6 Å². The third-order valence-corrected chi connectivity index (χ3v) is 8.77. The van der Waals surface area contributed by atoms with Gasteiger partial charge in [-0.2, -0.15) is 0 Å². The number of phenolic OH excluding ortho intramolecular Hbond substituents is 2. The van der Waals surface area contributed by atoms with Crippen molar-refractivity contribution in [3.05, 3.63) is 47.1 Å². The average Bonchev–Trinajstić information content (AvgIpc) is 3.23. The van der Waals surface area contributed by atoms with Gasteiger partial charge in [-0.1, -0.05) is 82.8 Å². The largest absolute Gasteiger partial charge is 0.504 e. The minimum atomic E-state index is -0.680. The van der Waals surface area contributed by atoms with E-state index in [2.05, 4.69) is 4.90 Å². The Hall–Kier alpha value is -2.60. The summed E-state index contributed by atoms with van der Waals surface area (Å²) in [6.45, 7) is 2.00. The number of carbonyl (C=O) groups is 2. The highest BCUT2D eigenvalue weighted by Gasteiger charge is 2.48. The van der Waals surface area contributed by atoms with E-state index < -0.39 is 11.4 Å². The van der Waals surface area contributed by atoms with Crippen molar-refractivity contribution in [2.75, 3.05) is 13.1 Å². The number of benzene rings is 1. The van der Waals surface area contributed by atoms with Crippen LogP contribution in [0.4, 0.5) is 0 Å². The summed E-state index contributed by atoms with van der Waals surface area (Å²) in [7, 11) is 0. The molecule has 0 radical (unpaired) electrons. The zero-order valence-corrected chi connectivity index (χ0v) is 22.8. The van der Waals surface area contributed by atoms with Gasteiger partial charge < -0.3 is 15.3 Å². The van der Waals surface area contributed by atoms with Crippen molar-refractivity contribution in [1.29, 1.82) is 0 Å². The Kier molecular flexibility index (Phi) is 10.1. The fourth-order valence-electron chi connectivity index (χ4n) is 6.72. The van der Waals surface area contributed by atoms with E-state index in [4.69, 9.17) is 5.11 Å². The molecule has 38 heavy (non-hydrogen) atoms. The number of carboxylic acid groups (broad SMARTS) is 1. The first kappa shape index (κ1) is 28.4. The van der Waals surface area contributed by atoms with Crippen LogP contribution in [-0.4, -0.2) is 45.1 Å². The van der Waals surface area contributed by atoms with Gasteiger partial charge in [0.25, 0.3) is 0 Å². The fraction of sp³-hybridized carbons (Fsp3) is 0.625. The molecule has 1 heterocycles. The number of hydrogen-bond acceptors (Lipinski definition) is 5. The third kappa shape index (κ3) is 6.88. The van der Waals surface area contributed by atoms with Gasteiger partial charge >= 0.3 is 5.97 Å². The zero-order chi connectivity index (χ0) is 27.0. The van der Waals surface area contributed by atoms with Crippen molar-refractivity contribution >= 4 is 11.8 Å². The van der Waals surface area contributed by atoms with E-state index in [0.717, 1.165) is 61.9 Å². The molecule has 0 saturated heterocycles. The highest BCUT2D eigenvalue weighted by atomic mass is 16.4. The van der Waals surface area contributed by atoms with Gasteiger partial charge in [0, 0.05) is 30.0 Å². The van der Waals surface area contributed by atoms with Crippen LogP contribution in [0.2, 0.25) is 0 Å². The topological polar surface area (TPSA) is 98.1 Å². The monoisotopic (exact) mass is 523 g/mol. The lowest BCUT2D eigenvalue weighted by Gasteiger charge is -2.35. The summed E-state index contributed by atoms with van der Waals surface area (Å²) in [6, 6.07) is 1.95. The van der Waals surface area contributed by atoms with Gasteiger partial charge in [-0.15, -0.1) is 0 Å². The van der Waals surface area contributed by atoms with Crippen LogP contribution >= 0.6 is 0 Å². The zero-order valence-electron chi connectivity index (χ0n) is 22.8. The molecule has 208 valence electrons. The molecule has 1 aromatic rings. The number of nitrogens with zero attached hydrogens (tertiary/aromatic N) is 1. The Labute approximate surface area is 227 Å². The van der Waals surface area contributed by atoms with Crippen LogP contribution in [-0.2, 0) is 21.4 Å². The fourth-order valence-corrected chi connectivity index (χ4v) is 6.72. The molecule has 1 spiro atoms. The molecule has 3 aliphatic rings. The summed E-state index contributed by atoms with van der Waals surface area (Å²) in [5.41, 5.74) is 2.56. The highest BCUT2D eigenvalue weighted by molar-refractivity contribution is 6.01. The molecule has 3 N–H and O–H groups in total. The lowest BCUT2D eigenvalue weighted by atomic mass is 9.77. The SMILES string of the molecule is O=C1C=CC2(C=C1)C[C@@H]1c3c(cc(O)c(O)c32)CCN1CCCCCCCCCCCCCCCC(=O)O. The first-order valence-electron chi connectivity index (χ1n) is 14.9. The van der Waals surface area contributed by atoms with E-state index in [1.807, 2.05) is 12.2 Å². The number of ketones is 1. The van der Waals surface area contributed by atoms with E-state index in [1.165, 1.54) is 64.2 Å². The Morgan fingerprint density at radius 1 is 0.868 bits per heavy atom. The second-order valence-electron chi connectivity index (χ2n) is 11.5. The second kappa shape index (κ2) is 13.5. The van der Waals surface area contributed by atoms with Gasteiger partial charge in [-0.3, -0.25) is 14.5 Å². The Bertz CT molecular complexity index is 1030. The molecule has 2 aliphatic carbocycles. The number of rotatable bonds is 16. The van der Waals surface area contributed by atoms with E-state index in [-0.39, 0.29) is 23.3 Å². The van der Waals surface area contributed by atoms with Crippen molar-refractivity contribution in [3.8, 4) is 11.5 Å².